The highest BCUT2D eigenvalue weighted by Gasteiger charge is 2.36. The van der Waals surface area contributed by atoms with Gasteiger partial charge in [0.25, 0.3) is 5.91 Å². The number of methoxy groups -OCH3 is 1. The molecule has 34 heavy (non-hydrogen) atoms. The van der Waals surface area contributed by atoms with Gasteiger partial charge in [0.15, 0.2) is 0 Å². The van der Waals surface area contributed by atoms with Crippen LogP contribution in [-0.4, -0.2) is 49.7 Å². The number of ether oxygens (including phenoxy) is 2. The molecule has 0 aromatic heterocycles. The first-order valence-electron chi connectivity index (χ1n) is 11.0. The molecule has 1 unspecified atom stereocenters. The first-order valence-corrected chi connectivity index (χ1v) is 11.8. The predicted molar refractivity (Wildman–Crippen MR) is 132 cm³/mol. The molecule has 0 spiro atoms. The van der Waals surface area contributed by atoms with Gasteiger partial charge in [-0.15, -0.1) is 0 Å². The number of carbonyl (C=O) groups excluding carboxylic acids is 3. The number of hydrogen-bond acceptors (Lipinski definition) is 5. The zero-order chi connectivity index (χ0) is 24.7. The third kappa shape index (κ3) is 6.03. The van der Waals surface area contributed by atoms with Crippen LogP contribution in [0.5, 0.6) is 0 Å². The number of anilines is 1. The second-order valence-corrected chi connectivity index (χ2v) is 8.66. The number of benzene rings is 2. The fourth-order valence-corrected chi connectivity index (χ4v) is 3.91. The molecule has 9 heteroatoms. The number of hydrogen-bond donors (Lipinski definition) is 2. The maximum Gasteiger partial charge on any atom is 0.338 e. The molecule has 180 valence electrons. The zero-order valence-corrected chi connectivity index (χ0v) is 21.0. The summed E-state index contributed by atoms with van der Waals surface area (Å²) in [7, 11) is 1.53. The highest BCUT2D eigenvalue weighted by molar-refractivity contribution is 9.10. The summed E-state index contributed by atoms with van der Waals surface area (Å²) < 4.78 is 11.2. The largest absolute Gasteiger partial charge is 0.460 e. The van der Waals surface area contributed by atoms with E-state index in [4.69, 9.17) is 9.47 Å². The number of carbonyl (C=O) groups is 3. The van der Waals surface area contributed by atoms with E-state index in [1.165, 1.54) is 7.11 Å². The van der Waals surface area contributed by atoms with Gasteiger partial charge in [0, 0.05) is 35.1 Å². The molecule has 2 aromatic carbocycles. The number of allylic oxidation sites excluding steroid dienone is 1. The zero-order valence-electron chi connectivity index (χ0n) is 19.4. The molecular weight excluding hydrogens is 502 g/mol. The number of esters is 1. The monoisotopic (exact) mass is 529 g/mol. The summed E-state index contributed by atoms with van der Waals surface area (Å²) in [6.45, 7) is 4.59. The van der Waals surface area contributed by atoms with Crippen LogP contribution in [0.2, 0.25) is 0 Å². The Kier molecular flexibility index (Phi) is 8.84. The first-order chi connectivity index (χ1) is 16.3. The van der Waals surface area contributed by atoms with Crippen molar-refractivity contribution in [1.29, 1.82) is 0 Å². The van der Waals surface area contributed by atoms with Crippen molar-refractivity contribution in [3.05, 3.63) is 75.4 Å². The normalized spacial score (nSPS) is 15.7. The molecule has 2 aromatic rings. The maximum absolute atomic E-state index is 12.9. The van der Waals surface area contributed by atoms with Crippen LogP contribution in [0.4, 0.5) is 10.5 Å². The highest BCUT2D eigenvalue weighted by Crippen LogP contribution is 2.32. The van der Waals surface area contributed by atoms with E-state index in [0.29, 0.717) is 34.6 Å². The Bertz CT molecular complexity index is 1070. The summed E-state index contributed by atoms with van der Waals surface area (Å²) >= 11 is 3.35. The van der Waals surface area contributed by atoms with E-state index < -0.39 is 12.0 Å². The van der Waals surface area contributed by atoms with E-state index >= 15 is 0 Å². The van der Waals surface area contributed by atoms with Crippen molar-refractivity contribution in [1.82, 2.24) is 10.2 Å². The second-order valence-electron chi connectivity index (χ2n) is 7.74. The molecule has 1 atom stereocenters. The van der Waals surface area contributed by atoms with E-state index in [1.54, 1.807) is 60.4 Å². The maximum atomic E-state index is 12.9. The number of halogens is 1. The fourth-order valence-electron chi connectivity index (χ4n) is 3.65. The lowest BCUT2D eigenvalue weighted by atomic mass is 9.94. The number of nitrogens with zero attached hydrogens (tertiary/aromatic N) is 1. The number of urea groups is 1. The number of amides is 3. The fraction of sp³-hybridized carbons (Fsp3) is 0.320. The van der Waals surface area contributed by atoms with Crippen LogP contribution in [0.15, 0.2) is 64.3 Å². The second kappa shape index (κ2) is 11.8. The van der Waals surface area contributed by atoms with Gasteiger partial charge < -0.3 is 20.1 Å². The van der Waals surface area contributed by atoms with Gasteiger partial charge >= 0.3 is 12.0 Å². The number of nitrogens with one attached hydrogen (secondary N) is 2. The van der Waals surface area contributed by atoms with Gasteiger partial charge in [-0.25, -0.2) is 9.59 Å². The molecule has 1 aliphatic rings. The van der Waals surface area contributed by atoms with Crippen LogP contribution in [0.25, 0.3) is 0 Å². The van der Waals surface area contributed by atoms with Crippen molar-refractivity contribution >= 4 is 39.5 Å². The van der Waals surface area contributed by atoms with Crippen molar-refractivity contribution in [3.63, 3.8) is 0 Å². The lowest BCUT2D eigenvalue weighted by molar-refractivity contribution is -0.140. The molecule has 8 nitrogen and oxygen atoms in total. The van der Waals surface area contributed by atoms with Crippen molar-refractivity contribution in [3.8, 4) is 0 Å². The molecular formula is C25H28BrN3O5. The highest BCUT2D eigenvalue weighted by atomic mass is 79.9. The van der Waals surface area contributed by atoms with Crippen LogP contribution >= 0.6 is 15.9 Å². The molecule has 3 rings (SSSR count). The van der Waals surface area contributed by atoms with Gasteiger partial charge in [-0.2, -0.15) is 0 Å². The summed E-state index contributed by atoms with van der Waals surface area (Å²) in [6.07, 6.45) is 0.744. The third-order valence-electron chi connectivity index (χ3n) is 5.39. The smallest absolute Gasteiger partial charge is 0.338 e. The molecule has 0 aliphatic carbocycles. The van der Waals surface area contributed by atoms with E-state index in [-0.39, 0.29) is 25.2 Å². The van der Waals surface area contributed by atoms with E-state index in [9.17, 15) is 14.4 Å². The summed E-state index contributed by atoms with van der Waals surface area (Å²) in [4.78, 5) is 39.7. The lowest BCUT2D eigenvalue weighted by Gasteiger charge is -2.35. The van der Waals surface area contributed by atoms with Crippen molar-refractivity contribution in [2.24, 2.45) is 0 Å². The Hall–Kier alpha value is -3.17. The Morgan fingerprint density at radius 1 is 1.09 bits per heavy atom. The minimum absolute atomic E-state index is 0.113. The quantitative estimate of drug-likeness (QED) is 0.364. The van der Waals surface area contributed by atoms with Crippen molar-refractivity contribution in [2.45, 2.75) is 26.3 Å². The van der Waals surface area contributed by atoms with E-state index in [1.807, 2.05) is 6.92 Å². The predicted octanol–water partition coefficient (Wildman–Crippen LogP) is 4.64. The minimum atomic E-state index is -0.674. The molecule has 0 saturated carbocycles. The van der Waals surface area contributed by atoms with Crippen LogP contribution < -0.4 is 10.6 Å². The minimum Gasteiger partial charge on any atom is -0.460 e. The Balaban J connectivity index is 1.83. The molecule has 1 heterocycles. The van der Waals surface area contributed by atoms with Crippen LogP contribution in [-0.2, 0) is 14.3 Å². The topological polar surface area (TPSA) is 97.0 Å². The van der Waals surface area contributed by atoms with E-state index in [2.05, 4.69) is 26.6 Å². The molecule has 1 aliphatic heterocycles. The third-order valence-corrected chi connectivity index (χ3v) is 5.92. The molecule has 0 fully saturated rings. The SMILES string of the molecule is CCCN1C(=O)NC(c2ccc(NC(=O)c3ccc(Br)cc3)cc2)C(C(=O)OCCOC)=C1C. The van der Waals surface area contributed by atoms with Gasteiger partial charge in [0.2, 0.25) is 0 Å². The molecule has 2 N–H and O–H groups in total. The standard InChI is InChI=1S/C25H28BrN3O5/c1-4-13-29-16(2)21(24(31)34-15-14-33-3)22(28-25(29)32)17-7-11-20(12-8-17)27-23(30)18-5-9-19(26)10-6-18/h5-12,22H,4,13-15H2,1-3H3,(H,27,30)(H,28,32). The van der Waals surface area contributed by atoms with Crippen LogP contribution in [0.1, 0.15) is 42.2 Å². The van der Waals surface area contributed by atoms with Crippen molar-refractivity contribution in [2.75, 3.05) is 32.2 Å². The summed E-state index contributed by atoms with van der Waals surface area (Å²) in [5, 5.41) is 5.77. The molecule has 3 amide bonds. The van der Waals surface area contributed by atoms with Gasteiger partial charge in [-0.1, -0.05) is 35.0 Å². The van der Waals surface area contributed by atoms with Crippen LogP contribution in [0.3, 0.4) is 0 Å². The van der Waals surface area contributed by atoms with Gasteiger partial charge in [0.05, 0.1) is 18.2 Å². The Morgan fingerprint density at radius 3 is 2.38 bits per heavy atom. The molecule has 0 bridgehead atoms. The average molecular weight is 530 g/mol. The van der Waals surface area contributed by atoms with Gasteiger partial charge in [-0.05, 0) is 55.3 Å². The van der Waals surface area contributed by atoms with E-state index in [0.717, 1.165) is 10.9 Å². The molecule has 0 saturated heterocycles. The van der Waals surface area contributed by atoms with Gasteiger partial charge in [0.1, 0.15) is 6.61 Å². The lowest BCUT2D eigenvalue weighted by Crippen LogP contribution is -2.48. The Labute approximate surface area is 207 Å². The Morgan fingerprint density at radius 2 is 1.76 bits per heavy atom. The van der Waals surface area contributed by atoms with Crippen molar-refractivity contribution < 1.29 is 23.9 Å². The average Bonchev–Trinajstić information content (AvgIpc) is 2.82. The molecule has 0 radical (unpaired) electrons. The van der Waals surface area contributed by atoms with Crippen LogP contribution in [0, 0.1) is 0 Å². The summed E-state index contributed by atoms with van der Waals surface area (Å²) in [6, 6.07) is 13.1. The first kappa shape index (κ1) is 25.5. The summed E-state index contributed by atoms with van der Waals surface area (Å²) in [5.41, 5.74) is 2.75. The summed E-state index contributed by atoms with van der Waals surface area (Å²) in [5.74, 6) is -0.743. The van der Waals surface area contributed by atoms with Gasteiger partial charge in [-0.3, -0.25) is 9.69 Å². The number of rotatable bonds is 9.